The molecule has 37 heavy (non-hydrogen) atoms. The monoisotopic (exact) mass is 503 g/mol. The molecule has 0 fully saturated rings. The average Bonchev–Trinajstić information content (AvgIpc) is 3.23. The fourth-order valence-corrected chi connectivity index (χ4v) is 4.61. The Morgan fingerprint density at radius 1 is 1.03 bits per heavy atom. The number of benzene rings is 3. The van der Waals surface area contributed by atoms with Crippen molar-refractivity contribution in [3.05, 3.63) is 99.9 Å². The van der Waals surface area contributed by atoms with Crippen LogP contribution in [0.15, 0.2) is 66.9 Å². The number of rotatable bonds is 6. The number of nitro benzene ring substituents is 1. The topological polar surface area (TPSA) is 96.5 Å². The lowest BCUT2D eigenvalue weighted by molar-refractivity contribution is -0.385. The van der Waals surface area contributed by atoms with Gasteiger partial charge in [-0.15, -0.1) is 0 Å². The number of nitro groups is 1. The Bertz CT molecular complexity index is 1710. The number of carbonyl (C=O) groups is 1. The van der Waals surface area contributed by atoms with E-state index in [0.29, 0.717) is 27.3 Å². The lowest BCUT2D eigenvalue weighted by Gasteiger charge is -2.12. The van der Waals surface area contributed by atoms with Crippen molar-refractivity contribution in [1.82, 2.24) is 9.55 Å². The fourth-order valence-electron chi connectivity index (χ4n) is 4.61. The zero-order chi connectivity index (χ0) is 26.3. The largest absolute Gasteiger partial charge is 0.481 e. The van der Waals surface area contributed by atoms with Crippen LogP contribution in [0.3, 0.4) is 0 Å². The molecule has 5 aromatic rings. The van der Waals surface area contributed by atoms with Crippen molar-refractivity contribution < 1.29 is 28.0 Å². The molecule has 3 aromatic carbocycles. The van der Waals surface area contributed by atoms with Gasteiger partial charge in [-0.25, -0.2) is 18.6 Å². The standard InChI is InChI=1S/C27H19F2N3O5/c1-36-26-19(8-5-11-30-26)24-23-18-7-4-3-6-17(18)21(29)13-22(23)31(25(24)27(33)37-2)14-15-12-16(32(34)35)9-10-20(15)28/h3-13H,14H2,1-2H3. The van der Waals surface area contributed by atoms with Gasteiger partial charge in [0.05, 0.1) is 31.2 Å². The van der Waals surface area contributed by atoms with Gasteiger partial charge in [-0.1, -0.05) is 24.3 Å². The number of hydrogen-bond acceptors (Lipinski definition) is 6. The molecule has 0 saturated heterocycles. The third-order valence-corrected chi connectivity index (χ3v) is 6.20. The normalized spacial score (nSPS) is 11.1. The number of nitrogens with zero attached hydrogens (tertiary/aromatic N) is 3. The molecule has 0 amide bonds. The summed E-state index contributed by atoms with van der Waals surface area (Å²) in [4.78, 5) is 28.2. The molecular weight excluding hydrogens is 484 g/mol. The molecule has 0 spiro atoms. The van der Waals surface area contributed by atoms with E-state index in [-0.39, 0.29) is 34.9 Å². The van der Waals surface area contributed by atoms with Crippen LogP contribution in [0.5, 0.6) is 5.88 Å². The molecule has 8 nitrogen and oxygen atoms in total. The van der Waals surface area contributed by atoms with Crippen molar-refractivity contribution in [3.63, 3.8) is 0 Å². The van der Waals surface area contributed by atoms with Crippen molar-refractivity contribution in [3.8, 4) is 17.0 Å². The first-order valence-corrected chi connectivity index (χ1v) is 11.1. The lowest BCUT2D eigenvalue weighted by atomic mass is 9.97. The van der Waals surface area contributed by atoms with Crippen LogP contribution in [0.25, 0.3) is 32.8 Å². The number of ether oxygens (including phenoxy) is 2. The van der Waals surface area contributed by atoms with E-state index in [2.05, 4.69) is 4.98 Å². The summed E-state index contributed by atoms with van der Waals surface area (Å²) in [7, 11) is 2.63. The molecule has 0 aliphatic rings. The Morgan fingerprint density at radius 2 is 1.78 bits per heavy atom. The van der Waals surface area contributed by atoms with Crippen molar-refractivity contribution >= 4 is 33.3 Å². The molecule has 10 heteroatoms. The number of esters is 1. The van der Waals surface area contributed by atoms with Gasteiger partial charge >= 0.3 is 5.97 Å². The van der Waals surface area contributed by atoms with E-state index in [1.165, 1.54) is 31.0 Å². The van der Waals surface area contributed by atoms with Crippen molar-refractivity contribution in [2.75, 3.05) is 14.2 Å². The lowest BCUT2D eigenvalue weighted by Crippen LogP contribution is -2.13. The second kappa shape index (κ2) is 9.30. The highest BCUT2D eigenvalue weighted by Gasteiger charge is 2.29. The number of methoxy groups -OCH3 is 2. The predicted molar refractivity (Wildman–Crippen MR) is 133 cm³/mol. The Labute approximate surface area is 208 Å². The van der Waals surface area contributed by atoms with Crippen LogP contribution in [0.4, 0.5) is 14.5 Å². The molecule has 0 aliphatic carbocycles. The highest BCUT2D eigenvalue weighted by Crippen LogP contribution is 2.43. The number of fused-ring (bicyclic) bond motifs is 3. The summed E-state index contributed by atoms with van der Waals surface area (Å²) in [5.41, 5.74) is 0.668. The first-order valence-electron chi connectivity index (χ1n) is 11.1. The average molecular weight is 503 g/mol. The van der Waals surface area contributed by atoms with Crippen LogP contribution < -0.4 is 4.74 Å². The molecule has 5 rings (SSSR count). The van der Waals surface area contributed by atoms with Crippen LogP contribution in [0.1, 0.15) is 16.1 Å². The summed E-state index contributed by atoms with van der Waals surface area (Å²) in [5.74, 6) is -1.83. The Kier molecular flexibility index (Phi) is 6.00. The molecule has 0 bridgehead atoms. The van der Waals surface area contributed by atoms with Crippen molar-refractivity contribution in [2.45, 2.75) is 6.54 Å². The second-order valence-electron chi connectivity index (χ2n) is 8.19. The summed E-state index contributed by atoms with van der Waals surface area (Å²) < 4.78 is 42.1. The van der Waals surface area contributed by atoms with E-state index in [1.807, 2.05) is 0 Å². The van der Waals surface area contributed by atoms with E-state index in [0.717, 1.165) is 18.2 Å². The fraction of sp³-hybridized carbons (Fsp3) is 0.111. The van der Waals surface area contributed by atoms with Gasteiger partial charge in [0.25, 0.3) is 5.69 Å². The quantitative estimate of drug-likeness (QED) is 0.163. The number of carbonyl (C=O) groups excluding carboxylic acids is 1. The minimum atomic E-state index is -0.771. The molecule has 0 aliphatic heterocycles. The molecule has 0 unspecified atom stereocenters. The summed E-state index contributed by atoms with van der Waals surface area (Å²) in [6, 6.07) is 14.5. The minimum absolute atomic E-state index is 0.00883. The predicted octanol–water partition coefficient (Wildman–Crippen LogP) is 5.89. The van der Waals surface area contributed by atoms with E-state index in [9.17, 15) is 19.3 Å². The maximum Gasteiger partial charge on any atom is 0.355 e. The van der Waals surface area contributed by atoms with Gasteiger partial charge in [0.1, 0.15) is 17.3 Å². The van der Waals surface area contributed by atoms with Crippen LogP contribution in [0, 0.1) is 21.7 Å². The number of aromatic nitrogens is 2. The van der Waals surface area contributed by atoms with Crippen molar-refractivity contribution in [2.24, 2.45) is 0 Å². The Morgan fingerprint density at radius 3 is 2.49 bits per heavy atom. The molecule has 0 saturated carbocycles. The number of hydrogen-bond donors (Lipinski definition) is 0. The van der Waals surface area contributed by atoms with Crippen LogP contribution in [-0.2, 0) is 11.3 Å². The van der Waals surface area contributed by atoms with E-state index >= 15 is 4.39 Å². The Balaban J connectivity index is 1.95. The molecule has 0 N–H and O–H groups in total. The van der Waals surface area contributed by atoms with Gasteiger partial charge in [-0.2, -0.15) is 0 Å². The van der Waals surface area contributed by atoms with Gasteiger partial charge < -0.3 is 14.0 Å². The van der Waals surface area contributed by atoms with E-state index < -0.39 is 22.5 Å². The Hall–Kier alpha value is -4.86. The molecule has 0 atom stereocenters. The van der Waals surface area contributed by atoms with Crippen LogP contribution in [-0.4, -0.2) is 34.7 Å². The maximum atomic E-state index is 15.3. The van der Waals surface area contributed by atoms with Crippen LogP contribution >= 0.6 is 0 Å². The highest BCUT2D eigenvalue weighted by molar-refractivity contribution is 6.19. The van der Waals surface area contributed by atoms with E-state index in [4.69, 9.17) is 9.47 Å². The summed E-state index contributed by atoms with van der Waals surface area (Å²) in [5, 5.41) is 12.6. The molecule has 0 radical (unpaired) electrons. The highest BCUT2D eigenvalue weighted by atomic mass is 19.1. The number of halogens is 2. The summed E-state index contributed by atoms with van der Waals surface area (Å²) >= 11 is 0. The molecular formula is C27H19F2N3O5. The van der Waals surface area contributed by atoms with Gasteiger partial charge in [-0.3, -0.25) is 10.1 Å². The number of pyridine rings is 1. The van der Waals surface area contributed by atoms with Gasteiger partial charge in [0.15, 0.2) is 0 Å². The molecule has 186 valence electrons. The smallest absolute Gasteiger partial charge is 0.355 e. The first kappa shape index (κ1) is 23.9. The summed E-state index contributed by atoms with van der Waals surface area (Å²) in [6.45, 7) is -0.311. The van der Waals surface area contributed by atoms with E-state index in [1.54, 1.807) is 36.4 Å². The summed E-state index contributed by atoms with van der Waals surface area (Å²) in [6.07, 6.45) is 1.52. The first-order chi connectivity index (χ1) is 17.8. The third kappa shape index (κ3) is 3.92. The van der Waals surface area contributed by atoms with Gasteiger partial charge in [0.2, 0.25) is 5.88 Å². The maximum absolute atomic E-state index is 15.3. The van der Waals surface area contributed by atoms with Gasteiger partial charge in [0, 0.05) is 45.8 Å². The SMILES string of the molecule is COC(=O)c1c(-c2cccnc2OC)c2c3ccccc3c(F)cc2n1Cc1cc([N+](=O)[O-])ccc1F. The van der Waals surface area contributed by atoms with Crippen molar-refractivity contribution in [1.29, 1.82) is 0 Å². The van der Waals surface area contributed by atoms with Crippen LogP contribution in [0.2, 0.25) is 0 Å². The second-order valence-corrected chi connectivity index (χ2v) is 8.19. The zero-order valence-corrected chi connectivity index (χ0v) is 19.7. The molecule has 2 heterocycles. The third-order valence-electron chi connectivity index (χ3n) is 6.20. The minimum Gasteiger partial charge on any atom is -0.481 e. The van der Waals surface area contributed by atoms with Gasteiger partial charge in [-0.05, 0) is 29.7 Å². The zero-order valence-electron chi connectivity index (χ0n) is 19.7. The molecule has 2 aromatic heterocycles. The number of non-ortho nitro benzene ring substituents is 1.